The molecule has 10 heteroatoms. The van der Waals surface area contributed by atoms with E-state index in [4.69, 9.17) is 9.47 Å². The number of urea groups is 1. The summed E-state index contributed by atoms with van der Waals surface area (Å²) in [5.74, 6) is -0.861. The van der Waals surface area contributed by atoms with Crippen molar-refractivity contribution in [3.63, 3.8) is 0 Å². The van der Waals surface area contributed by atoms with Crippen LogP contribution >= 0.6 is 0 Å². The zero-order valence-corrected chi connectivity index (χ0v) is 20.3. The van der Waals surface area contributed by atoms with Crippen molar-refractivity contribution in [2.24, 2.45) is 0 Å². The van der Waals surface area contributed by atoms with Gasteiger partial charge in [0.05, 0.1) is 17.7 Å². The maximum absolute atomic E-state index is 13.2. The van der Waals surface area contributed by atoms with E-state index >= 15 is 0 Å². The maximum Gasteiger partial charge on any atom is 0.335 e. The van der Waals surface area contributed by atoms with Gasteiger partial charge in [-0.1, -0.05) is 35.9 Å². The van der Waals surface area contributed by atoms with Gasteiger partial charge in [-0.15, -0.1) is 0 Å². The molecule has 188 valence electrons. The smallest absolute Gasteiger partial charge is 0.335 e. The lowest BCUT2D eigenvalue weighted by molar-refractivity contribution is -0.384. The Hall–Kier alpha value is -4.99. The van der Waals surface area contributed by atoms with Gasteiger partial charge in [0, 0.05) is 12.1 Å². The molecule has 0 spiro atoms. The number of hydrogen-bond donors (Lipinski definition) is 1. The summed E-state index contributed by atoms with van der Waals surface area (Å²) in [6.07, 6.45) is 1.37. The largest absolute Gasteiger partial charge is 0.493 e. The molecule has 10 nitrogen and oxygen atoms in total. The first-order valence-corrected chi connectivity index (χ1v) is 11.2. The Morgan fingerprint density at radius 1 is 1.00 bits per heavy atom. The maximum atomic E-state index is 13.2. The summed E-state index contributed by atoms with van der Waals surface area (Å²) in [5.41, 5.74) is 2.87. The Balaban J connectivity index is 1.59. The number of aryl methyl sites for hydroxylation is 2. The van der Waals surface area contributed by atoms with E-state index in [0.717, 1.165) is 10.5 Å². The zero-order valence-electron chi connectivity index (χ0n) is 20.3. The molecule has 1 aliphatic heterocycles. The van der Waals surface area contributed by atoms with Gasteiger partial charge in [-0.2, -0.15) is 0 Å². The number of nitro benzene ring substituents is 1. The molecule has 0 unspecified atom stereocenters. The Labute approximate surface area is 212 Å². The van der Waals surface area contributed by atoms with E-state index in [0.29, 0.717) is 33.9 Å². The van der Waals surface area contributed by atoms with Crippen LogP contribution in [0.2, 0.25) is 0 Å². The van der Waals surface area contributed by atoms with E-state index in [1.54, 1.807) is 49.4 Å². The fourth-order valence-corrected chi connectivity index (χ4v) is 3.91. The number of carbonyl (C=O) groups excluding carboxylic acids is 3. The summed E-state index contributed by atoms with van der Waals surface area (Å²) >= 11 is 0. The number of imide groups is 2. The molecule has 4 rings (SSSR count). The lowest BCUT2D eigenvalue weighted by Crippen LogP contribution is -2.54. The second-order valence-electron chi connectivity index (χ2n) is 8.37. The molecule has 0 aromatic heterocycles. The molecule has 4 amide bonds. The number of nitrogens with one attached hydrogen (secondary N) is 1. The van der Waals surface area contributed by atoms with Crippen molar-refractivity contribution in [2.75, 3.05) is 12.0 Å². The molecule has 3 aromatic carbocycles. The third-order valence-electron chi connectivity index (χ3n) is 5.71. The van der Waals surface area contributed by atoms with E-state index < -0.39 is 22.8 Å². The lowest BCUT2D eigenvalue weighted by Gasteiger charge is -2.27. The molecular formula is C27H23N3O7. The molecule has 37 heavy (non-hydrogen) atoms. The highest BCUT2D eigenvalue weighted by Gasteiger charge is 2.37. The van der Waals surface area contributed by atoms with Gasteiger partial charge >= 0.3 is 6.03 Å². The third kappa shape index (κ3) is 5.32. The molecule has 1 saturated heterocycles. The molecule has 1 heterocycles. The van der Waals surface area contributed by atoms with Gasteiger partial charge in [-0.25, -0.2) is 9.69 Å². The summed E-state index contributed by atoms with van der Waals surface area (Å²) in [5, 5.41) is 13.2. The highest BCUT2D eigenvalue weighted by molar-refractivity contribution is 6.39. The minimum absolute atomic E-state index is 0.0428. The van der Waals surface area contributed by atoms with Gasteiger partial charge in [0.2, 0.25) is 0 Å². The Morgan fingerprint density at radius 2 is 1.78 bits per heavy atom. The average molecular weight is 501 g/mol. The van der Waals surface area contributed by atoms with Gasteiger partial charge in [0.25, 0.3) is 17.5 Å². The molecule has 3 aromatic rings. The summed E-state index contributed by atoms with van der Waals surface area (Å²) < 4.78 is 11.2. The Morgan fingerprint density at radius 3 is 2.49 bits per heavy atom. The molecule has 1 N–H and O–H groups in total. The van der Waals surface area contributed by atoms with Crippen molar-refractivity contribution in [3.8, 4) is 11.5 Å². The van der Waals surface area contributed by atoms with Crippen LogP contribution in [0.5, 0.6) is 11.5 Å². The zero-order chi connectivity index (χ0) is 26.7. The number of nitrogens with zero attached hydrogens (tertiary/aromatic N) is 2. The fourth-order valence-electron chi connectivity index (χ4n) is 3.91. The van der Waals surface area contributed by atoms with E-state index in [2.05, 4.69) is 5.32 Å². The Bertz CT molecular complexity index is 1460. The van der Waals surface area contributed by atoms with Crippen LogP contribution in [0.1, 0.15) is 22.3 Å². The van der Waals surface area contributed by atoms with Crippen LogP contribution in [0.25, 0.3) is 6.08 Å². The van der Waals surface area contributed by atoms with Crippen molar-refractivity contribution < 1.29 is 28.8 Å². The third-order valence-corrected chi connectivity index (χ3v) is 5.71. The molecule has 0 bridgehead atoms. The van der Waals surface area contributed by atoms with Crippen molar-refractivity contribution in [3.05, 3.63) is 98.6 Å². The van der Waals surface area contributed by atoms with Crippen LogP contribution in [0, 0.1) is 24.0 Å². The SMILES string of the molecule is COc1cc(/C=C2\C(=O)NC(=O)N(c3ccc(C)cc3C)C2=O)ccc1OCc1cccc([N+](=O)[O-])c1. The van der Waals surface area contributed by atoms with Gasteiger partial charge < -0.3 is 9.47 Å². The summed E-state index contributed by atoms with van der Waals surface area (Å²) in [7, 11) is 1.44. The van der Waals surface area contributed by atoms with Crippen LogP contribution in [0.4, 0.5) is 16.2 Å². The van der Waals surface area contributed by atoms with Crippen molar-refractivity contribution >= 4 is 35.3 Å². The fraction of sp³-hybridized carbons (Fsp3) is 0.148. The summed E-state index contributed by atoms with van der Waals surface area (Å²) in [6.45, 7) is 3.74. The number of anilines is 1. The number of barbiturate groups is 1. The first-order chi connectivity index (χ1) is 17.7. The molecule has 1 aliphatic rings. The second kappa shape index (κ2) is 10.3. The summed E-state index contributed by atoms with van der Waals surface area (Å²) in [4.78, 5) is 49.7. The molecule has 1 fully saturated rings. The van der Waals surface area contributed by atoms with Crippen LogP contribution in [0.3, 0.4) is 0 Å². The van der Waals surface area contributed by atoms with Crippen LogP contribution < -0.4 is 19.7 Å². The van der Waals surface area contributed by atoms with Crippen LogP contribution in [-0.2, 0) is 16.2 Å². The van der Waals surface area contributed by atoms with Gasteiger partial charge in [-0.05, 0) is 54.8 Å². The molecule has 0 radical (unpaired) electrons. The molecule has 0 saturated carbocycles. The monoisotopic (exact) mass is 501 g/mol. The number of nitro groups is 1. The number of ether oxygens (including phenoxy) is 2. The number of hydrogen-bond acceptors (Lipinski definition) is 7. The minimum atomic E-state index is -0.818. The van der Waals surface area contributed by atoms with Crippen molar-refractivity contribution in [1.29, 1.82) is 0 Å². The topological polar surface area (TPSA) is 128 Å². The number of non-ortho nitro benzene ring substituents is 1. The second-order valence-corrected chi connectivity index (χ2v) is 8.37. The molecule has 0 atom stereocenters. The van der Waals surface area contributed by atoms with Crippen LogP contribution in [0.15, 0.2) is 66.2 Å². The highest BCUT2D eigenvalue weighted by Crippen LogP contribution is 2.31. The van der Waals surface area contributed by atoms with E-state index in [1.165, 1.54) is 25.3 Å². The van der Waals surface area contributed by atoms with Gasteiger partial charge in [0.15, 0.2) is 11.5 Å². The first kappa shape index (κ1) is 25.1. The minimum Gasteiger partial charge on any atom is -0.493 e. The number of methoxy groups -OCH3 is 1. The van der Waals surface area contributed by atoms with Gasteiger partial charge in [0.1, 0.15) is 12.2 Å². The number of carbonyl (C=O) groups is 3. The van der Waals surface area contributed by atoms with Gasteiger partial charge in [-0.3, -0.25) is 25.0 Å². The number of benzene rings is 3. The number of amides is 4. The van der Waals surface area contributed by atoms with E-state index in [1.807, 2.05) is 13.0 Å². The normalized spacial score (nSPS) is 14.5. The van der Waals surface area contributed by atoms with Crippen molar-refractivity contribution in [2.45, 2.75) is 20.5 Å². The molecular weight excluding hydrogens is 478 g/mol. The highest BCUT2D eigenvalue weighted by atomic mass is 16.6. The van der Waals surface area contributed by atoms with Crippen LogP contribution in [-0.4, -0.2) is 29.9 Å². The van der Waals surface area contributed by atoms with E-state index in [-0.39, 0.29) is 17.9 Å². The van der Waals surface area contributed by atoms with E-state index in [9.17, 15) is 24.5 Å². The average Bonchev–Trinajstić information content (AvgIpc) is 2.86. The Kier molecular flexibility index (Phi) is 7.01. The first-order valence-electron chi connectivity index (χ1n) is 11.2. The molecule has 0 aliphatic carbocycles. The number of rotatable bonds is 7. The quantitative estimate of drug-likeness (QED) is 0.219. The lowest BCUT2D eigenvalue weighted by atomic mass is 10.0. The predicted octanol–water partition coefficient (Wildman–Crippen LogP) is 4.47. The predicted molar refractivity (Wildman–Crippen MR) is 135 cm³/mol. The standard InChI is InChI=1S/C27H23N3O7/c1-16-7-9-22(17(2)11-16)29-26(32)21(25(31)28-27(29)33)13-18-8-10-23(24(14-18)36-3)37-15-19-5-4-6-20(12-19)30(34)35/h4-14H,15H2,1-3H3,(H,28,31,33)/b21-13+. The summed E-state index contributed by atoms with van der Waals surface area (Å²) in [6, 6.07) is 15.3. The van der Waals surface area contributed by atoms with Crippen molar-refractivity contribution in [1.82, 2.24) is 5.32 Å².